The van der Waals surface area contributed by atoms with Gasteiger partial charge in [-0.3, -0.25) is 9.11 Å². The van der Waals surface area contributed by atoms with Gasteiger partial charge in [0.2, 0.25) is 5.69 Å². The van der Waals surface area contributed by atoms with Crippen LogP contribution in [0.15, 0.2) is 93.7 Å². The average molecular weight is 730 g/mol. The van der Waals surface area contributed by atoms with Gasteiger partial charge in [0.25, 0.3) is 20.2 Å². The summed E-state index contributed by atoms with van der Waals surface area (Å²) >= 11 is 6.92. The van der Waals surface area contributed by atoms with E-state index in [4.69, 9.17) is 16.3 Å². The van der Waals surface area contributed by atoms with E-state index in [2.05, 4.69) is 55.7 Å². The van der Waals surface area contributed by atoms with Crippen LogP contribution in [0.2, 0.25) is 0 Å². The monoisotopic (exact) mass is 729 g/mol. The van der Waals surface area contributed by atoms with E-state index in [-0.39, 0.29) is 22.5 Å². The first kappa shape index (κ1) is 37.0. The van der Waals surface area contributed by atoms with E-state index in [1.807, 2.05) is 30.9 Å². The number of halogens is 1. The Hall–Kier alpha value is -3.22. The van der Waals surface area contributed by atoms with Crippen molar-refractivity contribution >= 4 is 48.9 Å². The average Bonchev–Trinajstić information content (AvgIpc) is 3.56. The molecular formula is C37H46ClN2O7S2+. The number of hydrogen-bond acceptors (Lipinski definition) is 6. The molecule has 5 rings (SSSR count). The van der Waals surface area contributed by atoms with Gasteiger partial charge in [0.1, 0.15) is 18.9 Å². The van der Waals surface area contributed by atoms with Crippen LogP contribution < -0.4 is 4.90 Å². The van der Waals surface area contributed by atoms with Crippen LogP contribution in [0.4, 0.5) is 11.4 Å². The largest absolute Gasteiger partial charge is 0.487 e. The molecule has 2 aromatic rings. The third-order valence-corrected chi connectivity index (χ3v) is 11.8. The van der Waals surface area contributed by atoms with E-state index in [1.54, 1.807) is 12.1 Å². The van der Waals surface area contributed by atoms with Crippen molar-refractivity contribution in [1.29, 1.82) is 0 Å². The van der Waals surface area contributed by atoms with Crippen molar-refractivity contribution in [2.24, 2.45) is 0 Å². The van der Waals surface area contributed by atoms with Gasteiger partial charge in [0.05, 0.1) is 21.1 Å². The lowest BCUT2D eigenvalue weighted by molar-refractivity contribution is -0.438. The molecule has 0 aliphatic carbocycles. The van der Waals surface area contributed by atoms with Gasteiger partial charge in [0, 0.05) is 53.0 Å². The van der Waals surface area contributed by atoms with E-state index in [0.29, 0.717) is 35.9 Å². The second kappa shape index (κ2) is 14.2. The molecule has 0 spiro atoms. The summed E-state index contributed by atoms with van der Waals surface area (Å²) in [5.74, 6) is 0.148. The lowest BCUT2D eigenvalue weighted by atomic mass is 9.81. The minimum absolute atomic E-state index is 0.183. The van der Waals surface area contributed by atoms with Crippen molar-refractivity contribution < 1.29 is 35.3 Å². The van der Waals surface area contributed by atoms with Crippen LogP contribution in [0.25, 0.3) is 0 Å². The van der Waals surface area contributed by atoms with Gasteiger partial charge >= 0.3 is 0 Å². The molecule has 2 N–H and O–H groups in total. The summed E-state index contributed by atoms with van der Waals surface area (Å²) in [6.07, 6.45) is 12.0. The number of para-hydroxylation sites is 1. The number of allylic oxidation sites excluding steroid dienone is 5. The summed E-state index contributed by atoms with van der Waals surface area (Å²) in [6, 6.07) is 13.0. The molecule has 0 bridgehead atoms. The second-order valence-corrected chi connectivity index (χ2v) is 17.2. The van der Waals surface area contributed by atoms with E-state index in [1.165, 1.54) is 29.1 Å². The summed E-state index contributed by atoms with van der Waals surface area (Å²) in [5, 5.41) is 0.501. The second-order valence-electron chi connectivity index (χ2n) is 13.9. The summed E-state index contributed by atoms with van der Waals surface area (Å²) in [7, 11) is -8.52. The number of rotatable bonds is 13. The Kier molecular flexibility index (Phi) is 10.7. The highest BCUT2D eigenvalue weighted by Crippen LogP contribution is 2.49. The zero-order valence-corrected chi connectivity index (χ0v) is 31.1. The zero-order valence-electron chi connectivity index (χ0n) is 28.7. The Morgan fingerprint density at radius 3 is 2.35 bits per heavy atom. The normalized spacial score (nSPS) is 20.2. The van der Waals surface area contributed by atoms with Crippen molar-refractivity contribution in [3.05, 3.63) is 100.0 Å². The molecule has 3 aliphatic rings. The van der Waals surface area contributed by atoms with Crippen molar-refractivity contribution in [1.82, 2.24) is 0 Å². The Balaban J connectivity index is 1.47. The first-order valence-electron chi connectivity index (χ1n) is 16.7. The number of benzene rings is 2. The van der Waals surface area contributed by atoms with E-state index in [9.17, 15) is 25.9 Å². The number of nitrogens with zero attached hydrogens (tertiary/aromatic N) is 2. The van der Waals surface area contributed by atoms with Crippen molar-refractivity contribution in [2.75, 3.05) is 30.3 Å². The highest BCUT2D eigenvalue weighted by atomic mass is 35.5. The van der Waals surface area contributed by atoms with Gasteiger partial charge in [0.15, 0.2) is 5.71 Å². The highest BCUT2D eigenvalue weighted by molar-refractivity contribution is 7.86. The number of unbranched alkanes of at least 4 members (excludes halogenated alkanes) is 3. The Morgan fingerprint density at radius 2 is 1.65 bits per heavy atom. The summed E-state index contributed by atoms with van der Waals surface area (Å²) < 4.78 is 74.0. The molecule has 0 aromatic heterocycles. The van der Waals surface area contributed by atoms with Crippen LogP contribution in [-0.4, -0.2) is 61.7 Å². The molecule has 12 heteroatoms. The van der Waals surface area contributed by atoms with Gasteiger partial charge in [-0.25, -0.2) is 0 Å². The van der Waals surface area contributed by atoms with Crippen molar-refractivity contribution in [2.45, 2.75) is 82.4 Å². The summed E-state index contributed by atoms with van der Waals surface area (Å²) in [5.41, 5.74) is 5.99. The fraction of sp³-hybridized carbons (Fsp3) is 0.432. The molecule has 0 radical (unpaired) electrons. The minimum atomic E-state index is -4.43. The predicted octanol–water partition coefficient (Wildman–Crippen LogP) is 7.81. The molecule has 0 amide bonds. The SMILES string of the molecule is CCCCC[N+]1=C(/C=C/C2=C(Cl)C(=C/C=C3/N(CCCCS(=O)(=O)O)c4ccc(S(=O)(=O)O)cc4C3(C)C)/OC2)C(C)(C)c2ccccc21. The molecule has 2 aromatic carbocycles. The number of fused-ring (bicyclic) bond motifs is 2. The summed E-state index contributed by atoms with van der Waals surface area (Å²) in [4.78, 5) is 1.79. The van der Waals surface area contributed by atoms with Crippen LogP contribution >= 0.6 is 11.6 Å². The molecule has 49 heavy (non-hydrogen) atoms. The van der Waals surface area contributed by atoms with Crippen molar-refractivity contribution in [3.63, 3.8) is 0 Å². The van der Waals surface area contributed by atoms with E-state index in [0.717, 1.165) is 42.8 Å². The Labute approximate surface area is 295 Å². The molecular weight excluding hydrogens is 684 g/mol. The Morgan fingerprint density at radius 1 is 0.918 bits per heavy atom. The van der Waals surface area contributed by atoms with E-state index >= 15 is 0 Å². The van der Waals surface area contributed by atoms with Crippen LogP contribution in [0.1, 0.15) is 77.8 Å². The number of hydrogen-bond donors (Lipinski definition) is 2. The third-order valence-electron chi connectivity index (χ3n) is 9.70. The van der Waals surface area contributed by atoms with Gasteiger partial charge in [-0.1, -0.05) is 57.0 Å². The molecule has 264 valence electrons. The van der Waals surface area contributed by atoms with Crippen LogP contribution in [0, 0.1) is 0 Å². The van der Waals surface area contributed by atoms with Gasteiger partial charge in [-0.05, 0) is 75.1 Å². The molecule has 9 nitrogen and oxygen atoms in total. The van der Waals surface area contributed by atoms with Crippen LogP contribution in [0.3, 0.4) is 0 Å². The number of ether oxygens (including phenoxy) is 1. The van der Waals surface area contributed by atoms with Gasteiger partial charge in [-0.2, -0.15) is 21.4 Å². The highest BCUT2D eigenvalue weighted by Gasteiger charge is 2.44. The molecule has 3 heterocycles. The lowest BCUT2D eigenvalue weighted by Crippen LogP contribution is -2.28. The fourth-order valence-electron chi connectivity index (χ4n) is 7.03. The summed E-state index contributed by atoms with van der Waals surface area (Å²) in [6.45, 7) is 12.3. The molecule has 0 saturated carbocycles. The molecule has 0 unspecified atom stereocenters. The maximum Gasteiger partial charge on any atom is 0.294 e. The topological polar surface area (TPSA) is 124 Å². The van der Waals surface area contributed by atoms with E-state index < -0.39 is 25.7 Å². The first-order chi connectivity index (χ1) is 23.0. The number of anilines is 1. The molecule has 0 fully saturated rings. The molecule has 0 saturated heterocycles. The molecule has 0 atom stereocenters. The standard InChI is InChI=1S/C37H45ClN2O7S2/c1-6-7-10-21-39-30-14-9-8-13-28(30)36(2,3)33(39)19-15-26-25-47-32(35(26)38)18-20-34-37(4,5)29-24-27(49(44,45)46)16-17-31(29)40(34)22-11-12-23-48(41,42)43/h8-9,13-20,24H,6-7,10-12,21-23,25H2,1-5H3,(H-,41,42,43,44,45,46)/p+1. The third kappa shape index (κ3) is 7.76. The first-order valence-corrected chi connectivity index (χ1v) is 20.1. The predicted molar refractivity (Wildman–Crippen MR) is 195 cm³/mol. The Bertz CT molecular complexity index is 2010. The van der Waals surface area contributed by atoms with Gasteiger partial charge < -0.3 is 9.64 Å². The zero-order chi connectivity index (χ0) is 35.8. The van der Waals surface area contributed by atoms with Crippen LogP contribution in [0.5, 0.6) is 0 Å². The molecule has 3 aliphatic heterocycles. The lowest BCUT2D eigenvalue weighted by Gasteiger charge is -2.27. The minimum Gasteiger partial charge on any atom is -0.487 e. The van der Waals surface area contributed by atoms with Gasteiger partial charge in [-0.15, -0.1) is 0 Å². The smallest absolute Gasteiger partial charge is 0.294 e. The fourth-order valence-corrected chi connectivity index (χ4v) is 8.34. The van der Waals surface area contributed by atoms with Crippen LogP contribution in [-0.2, 0) is 35.8 Å². The van der Waals surface area contributed by atoms with Crippen molar-refractivity contribution in [3.8, 4) is 0 Å². The maximum atomic E-state index is 12.0. The maximum absolute atomic E-state index is 12.0. The quantitative estimate of drug-likeness (QED) is 0.122.